The number of carbonyl (C=O) groups is 1. The number of rotatable bonds is 1. The highest BCUT2D eigenvalue weighted by molar-refractivity contribution is 5.77. The first-order valence-corrected chi connectivity index (χ1v) is 4.33. The van der Waals surface area contributed by atoms with Gasteiger partial charge in [0, 0.05) is 5.56 Å². The minimum atomic E-state index is -0.711. The lowest BCUT2D eigenvalue weighted by molar-refractivity contribution is -0.148. The first-order valence-electron chi connectivity index (χ1n) is 4.33. The van der Waals surface area contributed by atoms with Gasteiger partial charge in [0.25, 0.3) is 0 Å². The average molecular weight is 193 g/mol. The fourth-order valence-corrected chi connectivity index (χ4v) is 1.55. The molecule has 1 heterocycles. The van der Waals surface area contributed by atoms with Crippen LogP contribution in [0.1, 0.15) is 11.6 Å². The Bertz CT molecular complexity index is 364. The minimum absolute atomic E-state index is 0.432. The molecule has 1 aliphatic rings. The Labute approximate surface area is 81.6 Å². The predicted molar refractivity (Wildman–Crippen MR) is 49.8 cm³/mol. The van der Waals surface area contributed by atoms with Crippen LogP contribution in [0.4, 0.5) is 0 Å². The van der Waals surface area contributed by atoms with Crippen molar-refractivity contribution in [2.24, 2.45) is 5.73 Å². The Kier molecular flexibility index (Phi) is 2.13. The zero-order chi connectivity index (χ0) is 10.1. The molecule has 0 spiro atoms. The molecule has 74 valence electrons. The monoisotopic (exact) mass is 193 g/mol. The maximum absolute atomic E-state index is 11.3. The molecule has 2 unspecified atom stereocenters. The fourth-order valence-electron chi connectivity index (χ4n) is 1.55. The summed E-state index contributed by atoms with van der Waals surface area (Å²) in [6, 6.07) is 6.91. The first-order chi connectivity index (χ1) is 6.74. The molecular formula is C10H11NO3. The number of methoxy groups -OCH3 is 1. The van der Waals surface area contributed by atoms with Crippen molar-refractivity contribution in [3.63, 3.8) is 0 Å². The zero-order valence-corrected chi connectivity index (χ0v) is 7.77. The number of hydrogen-bond donors (Lipinski definition) is 1. The molecule has 2 atom stereocenters. The van der Waals surface area contributed by atoms with Gasteiger partial charge in [0.1, 0.15) is 5.75 Å². The number of nitrogens with two attached hydrogens (primary N) is 1. The lowest BCUT2D eigenvalue weighted by Gasteiger charge is -2.11. The van der Waals surface area contributed by atoms with Gasteiger partial charge in [-0.1, -0.05) is 18.2 Å². The van der Waals surface area contributed by atoms with E-state index in [2.05, 4.69) is 4.74 Å². The highest BCUT2D eigenvalue weighted by Crippen LogP contribution is 2.34. The second-order valence-corrected chi connectivity index (χ2v) is 3.13. The van der Waals surface area contributed by atoms with Gasteiger partial charge in [-0.2, -0.15) is 0 Å². The van der Waals surface area contributed by atoms with Crippen LogP contribution in [0.3, 0.4) is 0 Å². The van der Waals surface area contributed by atoms with Crippen LogP contribution in [0.2, 0.25) is 0 Å². The van der Waals surface area contributed by atoms with Gasteiger partial charge in [-0.25, -0.2) is 4.79 Å². The standard InChI is InChI=1S/C10H11NO3/c1-13-10(12)9-8(11)6-4-2-3-5-7(6)14-9/h2-5,8-9H,11H2,1H3. The molecule has 2 rings (SSSR count). The van der Waals surface area contributed by atoms with E-state index in [9.17, 15) is 4.79 Å². The van der Waals surface area contributed by atoms with Crippen molar-refractivity contribution in [1.29, 1.82) is 0 Å². The summed E-state index contributed by atoms with van der Waals surface area (Å²) < 4.78 is 9.96. The Morgan fingerprint density at radius 3 is 2.86 bits per heavy atom. The van der Waals surface area contributed by atoms with E-state index in [0.717, 1.165) is 5.56 Å². The molecule has 2 N–H and O–H groups in total. The lowest BCUT2D eigenvalue weighted by Crippen LogP contribution is -2.34. The normalized spacial score (nSPS) is 23.9. The highest BCUT2D eigenvalue weighted by Gasteiger charge is 2.37. The van der Waals surface area contributed by atoms with Crippen LogP contribution < -0.4 is 10.5 Å². The van der Waals surface area contributed by atoms with Crippen LogP contribution in [0.5, 0.6) is 5.75 Å². The topological polar surface area (TPSA) is 61.5 Å². The van der Waals surface area contributed by atoms with Crippen molar-refractivity contribution in [2.45, 2.75) is 12.1 Å². The Morgan fingerprint density at radius 2 is 2.21 bits per heavy atom. The summed E-state index contributed by atoms with van der Waals surface area (Å²) >= 11 is 0. The summed E-state index contributed by atoms with van der Waals surface area (Å²) in [7, 11) is 1.32. The smallest absolute Gasteiger partial charge is 0.349 e. The molecule has 1 aromatic carbocycles. The number of para-hydroxylation sites is 1. The number of hydrogen-bond acceptors (Lipinski definition) is 4. The second-order valence-electron chi connectivity index (χ2n) is 3.13. The van der Waals surface area contributed by atoms with Crippen LogP contribution in [-0.4, -0.2) is 19.2 Å². The van der Waals surface area contributed by atoms with Gasteiger partial charge in [-0.15, -0.1) is 0 Å². The highest BCUT2D eigenvalue weighted by atomic mass is 16.6. The van der Waals surface area contributed by atoms with Gasteiger partial charge in [0.15, 0.2) is 0 Å². The number of carbonyl (C=O) groups excluding carboxylic acids is 1. The molecule has 4 heteroatoms. The SMILES string of the molecule is COC(=O)C1Oc2ccccc2C1N. The van der Waals surface area contributed by atoms with Crippen molar-refractivity contribution in [3.05, 3.63) is 29.8 Å². The third kappa shape index (κ3) is 1.24. The molecule has 0 aliphatic carbocycles. The van der Waals surface area contributed by atoms with E-state index in [-0.39, 0.29) is 0 Å². The van der Waals surface area contributed by atoms with Crippen LogP contribution in [-0.2, 0) is 9.53 Å². The molecule has 1 aromatic rings. The average Bonchev–Trinajstić information content (AvgIpc) is 2.56. The van der Waals surface area contributed by atoms with Crippen LogP contribution in [0, 0.1) is 0 Å². The van der Waals surface area contributed by atoms with E-state index in [1.54, 1.807) is 6.07 Å². The molecule has 0 radical (unpaired) electrons. The molecule has 0 amide bonds. The van der Waals surface area contributed by atoms with E-state index in [1.807, 2.05) is 18.2 Å². The maximum Gasteiger partial charge on any atom is 0.349 e. The molecule has 0 aromatic heterocycles. The van der Waals surface area contributed by atoms with Crippen LogP contribution in [0.25, 0.3) is 0 Å². The van der Waals surface area contributed by atoms with Crippen molar-refractivity contribution in [1.82, 2.24) is 0 Å². The Morgan fingerprint density at radius 1 is 1.50 bits per heavy atom. The summed E-state index contributed by atoms with van der Waals surface area (Å²) in [5.74, 6) is 0.226. The van der Waals surface area contributed by atoms with Gasteiger partial charge >= 0.3 is 5.97 Å². The van der Waals surface area contributed by atoms with E-state index in [1.165, 1.54) is 7.11 Å². The maximum atomic E-state index is 11.3. The van der Waals surface area contributed by atoms with Gasteiger partial charge in [0.2, 0.25) is 6.10 Å². The lowest BCUT2D eigenvalue weighted by atomic mass is 10.1. The van der Waals surface area contributed by atoms with E-state index >= 15 is 0 Å². The third-order valence-corrected chi connectivity index (χ3v) is 2.29. The van der Waals surface area contributed by atoms with Gasteiger partial charge in [0.05, 0.1) is 13.2 Å². The molecule has 14 heavy (non-hydrogen) atoms. The summed E-state index contributed by atoms with van der Waals surface area (Å²) in [6.07, 6.45) is -0.711. The number of benzene rings is 1. The van der Waals surface area contributed by atoms with E-state index in [4.69, 9.17) is 10.5 Å². The summed E-state index contributed by atoms with van der Waals surface area (Å²) in [6.45, 7) is 0. The van der Waals surface area contributed by atoms with Crippen molar-refractivity contribution >= 4 is 5.97 Å². The molecule has 0 fully saturated rings. The quantitative estimate of drug-likeness (QED) is 0.664. The molecule has 1 aliphatic heterocycles. The summed E-state index contributed by atoms with van der Waals surface area (Å²) in [4.78, 5) is 11.3. The van der Waals surface area contributed by atoms with Crippen LogP contribution >= 0.6 is 0 Å². The zero-order valence-electron chi connectivity index (χ0n) is 7.77. The molecular weight excluding hydrogens is 182 g/mol. The number of esters is 1. The largest absolute Gasteiger partial charge is 0.476 e. The van der Waals surface area contributed by atoms with Gasteiger partial charge in [-0.3, -0.25) is 0 Å². The molecule has 0 saturated carbocycles. The van der Waals surface area contributed by atoms with Crippen LogP contribution in [0.15, 0.2) is 24.3 Å². The molecule has 0 saturated heterocycles. The molecule has 0 bridgehead atoms. The third-order valence-electron chi connectivity index (χ3n) is 2.29. The van der Waals surface area contributed by atoms with E-state index < -0.39 is 18.1 Å². The van der Waals surface area contributed by atoms with Gasteiger partial charge in [-0.05, 0) is 6.07 Å². The summed E-state index contributed by atoms with van der Waals surface area (Å²) in [5, 5.41) is 0. The Hall–Kier alpha value is -1.55. The van der Waals surface area contributed by atoms with Crippen molar-refractivity contribution in [3.8, 4) is 5.75 Å². The fraction of sp³-hybridized carbons (Fsp3) is 0.300. The predicted octanol–water partition coefficient (Wildman–Crippen LogP) is 0.620. The number of fused-ring (bicyclic) bond motifs is 1. The van der Waals surface area contributed by atoms with Crippen molar-refractivity contribution in [2.75, 3.05) is 7.11 Å². The van der Waals surface area contributed by atoms with E-state index in [0.29, 0.717) is 5.75 Å². The number of ether oxygens (including phenoxy) is 2. The molecule has 4 nitrogen and oxygen atoms in total. The van der Waals surface area contributed by atoms with Crippen molar-refractivity contribution < 1.29 is 14.3 Å². The Balaban J connectivity index is 2.30. The first kappa shape index (κ1) is 9.02. The minimum Gasteiger partial charge on any atom is -0.476 e. The van der Waals surface area contributed by atoms with Gasteiger partial charge < -0.3 is 15.2 Å². The summed E-state index contributed by atoms with van der Waals surface area (Å²) in [5.41, 5.74) is 6.69. The second kappa shape index (κ2) is 3.31.